The summed E-state index contributed by atoms with van der Waals surface area (Å²) in [4.78, 5) is 4.39. The van der Waals surface area contributed by atoms with Gasteiger partial charge in [0.1, 0.15) is 5.75 Å². The first-order chi connectivity index (χ1) is 9.04. The van der Waals surface area contributed by atoms with Gasteiger partial charge in [-0.15, -0.1) is 0 Å². The van der Waals surface area contributed by atoms with E-state index in [-0.39, 0.29) is 11.5 Å². The van der Waals surface area contributed by atoms with Gasteiger partial charge in [-0.05, 0) is 18.2 Å². The third-order valence-electron chi connectivity index (χ3n) is 2.72. The lowest BCUT2D eigenvalue weighted by atomic mass is 10.3. The van der Waals surface area contributed by atoms with Crippen molar-refractivity contribution in [3.63, 3.8) is 0 Å². The lowest BCUT2D eigenvalue weighted by molar-refractivity contribution is 0.415. The molecule has 0 saturated heterocycles. The maximum absolute atomic E-state index is 11.4. The van der Waals surface area contributed by atoms with E-state index in [9.17, 15) is 8.42 Å². The minimum absolute atomic E-state index is 0.128. The SMILES string of the molecule is CCS(=O)(=O)CCNc1nc2ccc(OC)cc2s1. The highest BCUT2D eigenvalue weighted by Crippen LogP contribution is 2.28. The molecule has 1 aromatic carbocycles. The minimum atomic E-state index is -2.94. The summed E-state index contributed by atoms with van der Waals surface area (Å²) in [5.41, 5.74) is 0.881. The van der Waals surface area contributed by atoms with E-state index in [1.54, 1.807) is 14.0 Å². The number of thiazole rings is 1. The van der Waals surface area contributed by atoms with Crippen molar-refractivity contribution < 1.29 is 13.2 Å². The fourth-order valence-corrected chi connectivity index (χ4v) is 3.19. The van der Waals surface area contributed by atoms with Crippen molar-refractivity contribution in [1.82, 2.24) is 4.98 Å². The first kappa shape index (κ1) is 14.1. The zero-order valence-corrected chi connectivity index (χ0v) is 12.5. The van der Waals surface area contributed by atoms with Crippen LogP contribution in [0.5, 0.6) is 5.75 Å². The second kappa shape index (κ2) is 5.75. The van der Waals surface area contributed by atoms with Crippen molar-refractivity contribution in [1.29, 1.82) is 0 Å². The third kappa shape index (κ3) is 3.57. The van der Waals surface area contributed by atoms with Crippen LogP contribution in [0.1, 0.15) is 6.92 Å². The lowest BCUT2D eigenvalue weighted by Gasteiger charge is -2.01. The van der Waals surface area contributed by atoms with Crippen LogP contribution in [0.4, 0.5) is 5.13 Å². The summed E-state index contributed by atoms with van der Waals surface area (Å²) in [5, 5.41) is 3.78. The van der Waals surface area contributed by atoms with E-state index in [1.165, 1.54) is 11.3 Å². The molecule has 0 fully saturated rings. The lowest BCUT2D eigenvalue weighted by Crippen LogP contribution is -2.16. The van der Waals surface area contributed by atoms with Crippen molar-refractivity contribution >= 4 is 36.5 Å². The van der Waals surface area contributed by atoms with E-state index in [2.05, 4.69) is 10.3 Å². The van der Waals surface area contributed by atoms with E-state index in [0.717, 1.165) is 21.1 Å². The summed E-state index contributed by atoms with van der Waals surface area (Å²) in [6.45, 7) is 2.03. The average molecular weight is 300 g/mol. The Morgan fingerprint density at radius 3 is 2.89 bits per heavy atom. The molecule has 1 N–H and O–H groups in total. The van der Waals surface area contributed by atoms with Gasteiger partial charge < -0.3 is 10.1 Å². The molecule has 19 heavy (non-hydrogen) atoms. The number of nitrogens with zero attached hydrogens (tertiary/aromatic N) is 1. The molecular weight excluding hydrogens is 284 g/mol. The van der Waals surface area contributed by atoms with Gasteiger partial charge in [-0.2, -0.15) is 0 Å². The summed E-state index contributed by atoms with van der Waals surface area (Å²) in [7, 11) is -1.31. The molecule has 0 saturated carbocycles. The number of hydrogen-bond donors (Lipinski definition) is 1. The molecule has 5 nitrogen and oxygen atoms in total. The summed E-state index contributed by atoms with van der Waals surface area (Å²) in [6, 6.07) is 5.66. The van der Waals surface area contributed by atoms with Gasteiger partial charge in [0.15, 0.2) is 15.0 Å². The molecule has 0 radical (unpaired) electrons. The highest BCUT2D eigenvalue weighted by molar-refractivity contribution is 7.91. The molecule has 104 valence electrons. The molecule has 7 heteroatoms. The Labute approximate surface area is 116 Å². The number of nitrogens with one attached hydrogen (secondary N) is 1. The van der Waals surface area contributed by atoms with E-state index in [4.69, 9.17) is 4.74 Å². The molecule has 0 bridgehead atoms. The number of sulfone groups is 1. The predicted molar refractivity (Wildman–Crippen MR) is 79.0 cm³/mol. The second-order valence-electron chi connectivity index (χ2n) is 4.02. The predicted octanol–water partition coefficient (Wildman–Crippen LogP) is 2.15. The summed E-state index contributed by atoms with van der Waals surface area (Å²) in [5.74, 6) is 1.09. The molecule has 0 aliphatic carbocycles. The Morgan fingerprint density at radius 2 is 2.21 bits per heavy atom. The Hall–Kier alpha value is -1.34. The average Bonchev–Trinajstić information content (AvgIpc) is 2.79. The second-order valence-corrected chi connectivity index (χ2v) is 7.52. The molecule has 0 aliphatic heterocycles. The highest BCUT2D eigenvalue weighted by Gasteiger charge is 2.08. The number of aromatic nitrogens is 1. The van der Waals surface area contributed by atoms with Crippen molar-refractivity contribution in [2.24, 2.45) is 0 Å². The summed E-state index contributed by atoms with van der Waals surface area (Å²) in [6.07, 6.45) is 0. The minimum Gasteiger partial charge on any atom is -0.497 e. The van der Waals surface area contributed by atoms with Gasteiger partial charge in [0.05, 0.1) is 23.1 Å². The van der Waals surface area contributed by atoms with E-state index in [0.29, 0.717) is 6.54 Å². The fraction of sp³-hybridized carbons (Fsp3) is 0.417. The summed E-state index contributed by atoms with van der Waals surface area (Å²) >= 11 is 1.49. The van der Waals surface area contributed by atoms with E-state index in [1.807, 2.05) is 18.2 Å². The number of rotatable bonds is 6. The van der Waals surface area contributed by atoms with Gasteiger partial charge >= 0.3 is 0 Å². The molecule has 2 rings (SSSR count). The maximum atomic E-state index is 11.4. The molecule has 1 aromatic heterocycles. The maximum Gasteiger partial charge on any atom is 0.183 e. The van der Waals surface area contributed by atoms with Crippen LogP contribution in [0.2, 0.25) is 0 Å². The van der Waals surface area contributed by atoms with Gasteiger partial charge in [-0.1, -0.05) is 18.3 Å². The number of benzene rings is 1. The first-order valence-electron chi connectivity index (χ1n) is 5.93. The van der Waals surface area contributed by atoms with Crippen molar-refractivity contribution in [2.45, 2.75) is 6.92 Å². The molecule has 2 aromatic rings. The molecule has 0 atom stereocenters. The normalized spacial score (nSPS) is 11.7. The van der Waals surface area contributed by atoms with Gasteiger partial charge in [-0.25, -0.2) is 13.4 Å². The number of ether oxygens (including phenoxy) is 1. The van der Waals surface area contributed by atoms with Gasteiger partial charge in [0, 0.05) is 12.3 Å². The monoisotopic (exact) mass is 300 g/mol. The zero-order chi connectivity index (χ0) is 13.9. The Balaban J connectivity index is 2.05. The Bertz CT molecular complexity index is 665. The van der Waals surface area contributed by atoms with Crippen LogP contribution in [0, 0.1) is 0 Å². The highest BCUT2D eigenvalue weighted by atomic mass is 32.2. The molecule has 0 aliphatic rings. The van der Waals surface area contributed by atoms with Crippen LogP contribution in [-0.4, -0.2) is 38.6 Å². The Morgan fingerprint density at radius 1 is 1.42 bits per heavy atom. The van der Waals surface area contributed by atoms with Gasteiger partial charge in [0.25, 0.3) is 0 Å². The van der Waals surface area contributed by atoms with Gasteiger partial charge in [0.2, 0.25) is 0 Å². The van der Waals surface area contributed by atoms with Crippen molar-refractivity contribution in [2.75, 3.05) is 30.5 Å². The number of fused-ring (bicyclic) bond motifs is 1. The van der Waals surface area contributed by atoms with Crippen molar-refractivity contribution in [3.05, 3.63) is 18.2 Å². The van der Waals surface area contributed by atoms with Gasteiger partial charge in [-0.3, -0.25) is 0 Å². The van der Waals surface area contributed by atoms with E-state index < -0.39 is 9.84 Å². The first-order valence-corrected chi connectivity index (χ1v) is 8.57. The van der Waals surface area contributed by atoms with Crippen LogP contribution < -0.4 is 10.1 Å². The Kier molecular flexibility index (Phi) is 4.26. The smallest absolute Gasteiger partial charge is 0.183 e. The molecule has 0 spiro atoms. The topological polar surface area (TPSA) is 68.3 Å². The standard InChI is InChI=1S/C12H16N2O3S2/c1-3-19(15,16)7-6-13-12-14-10-5-4-9(17-2)8-11(10)18-12/h4-5,8H,3,6-7H2,1-2H3,(H,13,14). The molecule has 1 heterocycles. The van der Waals surface area contributed by atoms with Crippen LogP contribution in [0.3, 0.4) is 0 Å². The molecular formula is C12H16N2O3S2. The van der Waals surface area contributed by atoms with Crippen molar-refractivity contribution in [3.8, 4) is 5.75 Å². The largest absolute Gasteiger partial charge is 0.497 e. The number of hydrogen-bond acceptors (Lipinski definition) is 6. The van der Waals surface area contributed by atoms with Crippen LogP contribution in [0.15, 0.2) is 18.2 Å². The van der Waals surface area contributed by atoms with Crippen LogP contribution >= 0.6 is 11.3 Å². The number of methoxy groups -OCH3 is 1. The summed E-state index contributed by atoms with van der Waals surface area (Å²) < 4.78 is 28.9. The van der Waals surface area contributed by atoms with E-state index >= 15 is 0 Å². The third-order valence-corrected chi connectivity index (χ3v) is 5.41. The molecule has 0 amide bonds. The van der Waals surface area contributed by atoms with Crippen LogP contribution in [-0.2, 0) is 9.84 Å². The van der Waals surface area contributed by atoms with Crippen LogP contribution in [0.25, 0.3) is 10.2 Å². The zero-order valence-electron chi connectivity index (χ0n) is 10.8. The molecule has 0 unspecified atom stereocenters. The fourth-order valence-electron chi connectivity index (χ4n) is 1.57. The quantitative estimate of drug-likeness (QED) is 0.885. The number of anilines is 1.